The highest BCUT2D eigenvalue weighted by Crippen LogP contribution is 2.40. The molecule has 1 amide bonds. The van der Waals surface area contributed by atoms with Crippen molar-refractivity contribution in [3.63, 3.8) is 0 Å². The third kappa shape index (κ3) is 4.04. The summed E-state index contributed by atoms with van der Waals surface area (Å²) in [6.07, 6.45) is -4.61. The van der Waals surface area contributed by atoms with Crippen LogP contribution in [0.1, 0.15) is 23.0 Å². The minimum Gasteiger partial charge on any atom is -0.324 e. The number of nitrogens with zero attached hydrogens (tertiary/aromatic N) is 3. The number of aromatic nitrogens is 3. The van der Waals surface area contributed by atoms with Gasteiger partial charge in [0.05, 0.1) is 17.3 Å². The molecule has 6 nitrogen and oxygen atoms in total. The number of nitrogens with one attached hydrogen (secondary N) is 2. The lowest BCUT2D eigenvalue weighted by atomic mass is 10.0. The van der Waals surface area contributed by atoms with Gasteiger partial charge in [0, 0.05) is 4.47 Å². The van der Waals surface area contributed by atoms with Crippen molar-refractivity contribution in [3.05, 3.63) is 70.0 Å². The average molecular weight is 498 g/mol. The van der Waals surface area contributed by atoms with Gasteiger partial charge in [0.25, 0.3) is 0 Å². The number of thioether (sulfide) groups is 1. The van der Waals surface area contributed by atoms with Crippen LogP contribution in [-0.4, -0.2) is 26.0 Å². The normalized spacial score (nSPS) is 18.4. The van der Waals surface area contributed by atoms with Crippen molar-refractivity contribution in [2.45, 2.75) is 29.5 Å². The molecule has 2 aromatic carbocycles. The molecule has 2 N–H and O–H groups in total. The molecule has 0 aliphatic carbocycles. The van der Waals surface area contributed by atoms with Crippen LogP contribution in [0.15, 0.2) is 58.2 Å². The fourth-order valence-corrected chi connectivity index (χ4v) is 4.62. The Bertz CT molecular complexity index is 1090. The summed E-state index contributed by atoms with van der Waals surface area (Å²) < 4.78 is 42.3. The first-order chi connectivity index (χ1) is 14.2. The standard InChI is InChI=1S/C19H15BrF3N5OS/c1-10-25-26-18-28(10)27-15(11-5-3-2-4-6-11)16(30-18)17(29)24-14-8-7-12(20)9-13(14)19(21,22)23/h2-9,15-16,27H,1H3,(H,24,29). The Labute approximate surface area is 182 Å². The molecule has 1 aliphatic rings. The van der Waals surface area contributed by atoms with Crippen molar-refractivity contribution in [1.29, 1.82) is 0 Å². The molecule has 2 atom stereocenters. The number of fused-ring (bicyclic) bond motifs is 1. The maximum absolute atomic E-state index is 13.5. The van der Waals surface area contributed by atoms with E-state index in [-0.39, 0.29) is 10.2 Å². The van der Waals surface area contributed by atoms with Gasteiger partial charge in [0.2, 0.25) is 11.1 Å². The van der Waals surface area contributed by atoms with Crippen LogP contribution in [-0.2, 0) is 11.0 Å². The second-order valence-electron chi connectivity index (χ2n) is 6.60. The maximum atomic E-state index is 13.5. The lowest BCUT2D eigenvalue weighted by molar-refractivity contribution is -0.137. The van der Waals surface area contributed by atoms with Gasteiger partial charge in [-0.3, -0.25) is 4.79 Å². The van der Waals surface area contributed by atoms with E-state index in [0.29, 0.717) is 11.0 Å². The number of anilines is 1. The van der Waals surface area contributed by atoms with Gasteiger partial charge in [-0.05, 0) is 30.7 Å². The molecule has 1 aromatic heterocycles. The zero-order valence-electron chi connectivity index (χ0n) is 15.4. The maximum Gasteiger partial charge on any atom is 0.418 e. The van der Waals surface area contributed by atoms with Crippen molar-refractivity contribution in [2.24, 2.45) is 0 Å². The number of aryl methyl sites for hydroxylation is 1. The van der Waals surface area contributed by atoms with E-state index in [4.69, 9.17) is 0 Å². The van der Waals surface area contributed by atoms with Crippen LogP contribution in [0, 0.1) is 6.92 Å². The number of benzene rings is 2. The van der Waals surface area contributed by atoms with Crippen LogP contribution in [0.2, 0.25) is 0 Å². The predicted octanol–water partition coefficient (Wildman–Crippen LogP) is 4.77. The Balaban J connectivity index is 1.68. The summed E-state index contributed by atoms with van der Waals surface area (Å²) >= 11 is 4.20. The highest BCUT2D eigenvalue weighted by molar-refractivity contribution is 9.10. The molecule has 0 spiro atoms. The summed E-state index contributed by atoms with van der Waals surface area (Å²) in [5, 5.41) is 10.2. The number of alkyl halides is 3. The van der Waals surface area contributed by atoms with Crippen LogP contribution in [0.4, 0.5) is 18.9 Å². The van der Waals surface area contributed by atoms with E-state index in [1.165, 1.54) is 12.1 Å². The molecule has 2 heterocycles. The molecule has 0 saturated heterocycles. The summed E-state index contributed by atoms with van der Waals surface area (Å²) in [7, 11) is 0. The smallest absolute Gasteiger partial charge is 0.324 e. The number of carbonyl (C=O) groups is 1. The quantitative estimate of drug-likeness (QED) is 0.545. The van der Waals surface area contributed by atoms with E-state index >= 15 is 0 Å². The fourth-order valence-electron chi connectivity index (χ4n) is 3.13. The Kier molecular flexibility index (Phi) is 5.49. The average Bonchev–Trinajstić information content (AvgIpc) is 3.08. The highest BCUT2D eigenvalue weighted by atomic mass is 79.9. The van der Waals surface area contributed by atoms with Gasteiger partial charge in [0.15, 0.2) is 0 Å². The first-order valence-electron chi connectivity index (χ1n) is 8.82. The van der Waals surface area contributed by atoms with Crippen LogP contribution in [0.5, 0.6) is 0 Å². The number of hydrogen-bond donors (Lipinski definition) is 2. The van der Waals surface area contributed by atoms with E-state index in [0.717, 1.165) is 23.4 Å². The highest BCUT2D eigenvalue weighted by Gasteiger charge is 2.39. The van der Waals surface area contributed by atoms with Gasteiger partial charge in [-0.1, -0.05) is 58.0 Å². The van der Waals surface area contributed by atoms with Crippen LogP contribution < -0.4 is 10.7 Å². The zero-order chi connectivity index (χ0) is 21.5. The Morgan fingerprint density at radius 3 is 2.63 bits per heavy atom. The zero-order valence-corrected chi connectivity index (χ0v) is 17.8. The minimum absolute atomic E-state index is 0.271. The van der Waals surface area contributed by atoms with E-state index in [1.807, 2.05) is 30.3 Å². The summed E-state index contributed by atoms with van der Waals surface area (Å²) in [5.41, 5.74) is 2.81. The summed E-state index contributed by atoms with van der Waals surface area (Å²) in [4.78, 5) is 13.1. The molecule has 0 bridgehead atoms. The largest absolute Gasteiger partial charge is 0.418 e. The number of carbonyl (C=O) groups excluding carboxylic acids is 1. The molecule has 1 aliphatic heterocycles. The van der Waals surface area contributed by atoms with Gasteiger partial charge < -0.3 is 10.7 Å². The first kappa shape index (κ1) is 20.7. The molecule has 0 fully saturated rings. The van der Waals surface area contributed by atoms with Gasteiger partial charge in [0.1, 0.15) is 11.1 Å². The van der Waals surface area contributed by atoms with Crippen molar-refractivity contribution in [1.82, 2.24) is 14.9 Å². The van der Waals surface area contributed by atoms with Gasteiger partial charge in [-0.2, -0.15) is 13.2 Å². The van der Waals surface area contributed by atoms with Crippen LogP contribution in [0.3, 0.4) is 0 Å². The molecular weight excluding hydrogens is 483 g/mol. The lowest BCUT2D eigenvalue weighted by Gasteiger charge is -2.33. The molecule has 30 heavy (non-hydrogen) atoms. The third-order valence-electron chi connectivity index (χ3n) is 4.56. The van der Waals surface area contributed by atoms with Crippen molar-refractivity contribution in [2.75, 3.05) is 10.7 Å². The molecule has 3 aromatic rings. The van der Waals surface area contributed by atoms with Crippen molar-refractivity contribution < 1.29 is 18.0 Å². The van der Waals surface area contributed by atoms with E-state index in [2.05, 4.69) is 36.9 Å². The monoisotopic (exact) mass is 497 g/mol. The second kappa shape index (κ2) is 7.95. The van der Waals surface area contributed by atoms with E-state index in [1.54, 1.807) is 11.6 Å². The topological polar surface area (TPSA) is 71.8 Å². The molecule has 11 heteroatoms. The lowest BCUT2D eigenvalue weighted by Crippen LogP contribution is -2.41. The van der Waals surface area contributed by atoms with Gasteiger partial charge >= 0.3 is 6.18 Å². The third-order valence-corrected chi connectivity index (χ3v) is 6.27. The molecule has 4 rings (SSSR count). The summed E-state index contributed by atoms with van der Waals surface area (Å²) in [6.45, 7) is 1.77. The SMILES string of the molecule is Cc1nnc2n1NC(c1ccccc1)C(C(=O)Nc1ccc(Br)cc1C(F)(F)F)S2. The molecule has 0 radical (unpaired) electrons. The summed E-state index contributed by atoms with van der Waals surface area (Å²) in [6, 6.07) is 12.3. The Morgan fingerprint density at radius 2 is 1.93 bits per heavy atom. The number of rotatable bonds is 3. The van der Waals surface area contributed by atoms with Gasteiger partial charge in [-0.15, -0.1) is 10.2 Å². The Morgan fingerprint density at radius 1 is 1.20 bits per heavy atom. The predicted molar refractivity (Wildman–Crippen MR) is 111 cm³/mol. The van der Waals surface area contributed by atoms with Crippen molar-refractivity contribution in [3.8, 4) is 0 Å². The molecule has 0 saturated carbocycles. The molecular formula is C19H15BrF3N5OS. The van der Waals surface area contributed by atoms with Crippen LogP contribution >= 0.6 is 27.7 Å². The minimum atomic E-state index is -4.61. The first-order valence-corrected chi connectivity index (χ1v) is 10.5. The summed E-state index contributed by atoms with van der Waals surface area (Å²) in [5.74, 6) is 0.0469. The second-order valence-corrected chi connectivity index (χ2v) is 8.62. The van der Waals surface area contributed by atoms with Crippen LogP contribution in [0.25, 0.3) is 0 Å². The Hall–Kier alpha value is -2.53. The number of hydrogen-bond acceptors (Lipinski definition) is 5. The van der Waals surface area contributed by atoms with Gasteiger partial charge in [-0.25, -0.2) is 4.68 Å². The van der Waals surface area contributed by atoms with E-state index in [9.17, 15) is 18.0 Å². The number of amides is 1. The van der Waals surface area contributed by atoms with E-state index < -0.39 is 28.9 Å². The molecule has 2 unspecified atom stereocenters. The number of halogens is 4. The fraction of sp³-hybridized carbons (Fsp3) is 0.211. The molecule has 156 valence electrons. The van der Waals surface area contributed by atoms with Crippen molar-refractivity contribution >= 4 is 39.3 Å².